The highest BCUT2D eigenvalue weighted by Crippen LogP contribution is 2.23. The van der Waals surface area contributed by atoms with Gasteiger partial charge in [-0.2, -0.15) is 0 Å². The number of nitrogens with zero attached hydrogens (tertiary/aromatic N) is 3. The lowest BCUT2D eigenvalue weighted by Crippen LogP contribution is -2.49. The van der Waals surface area contributed by atoms with E-state index in [1.807, 2.05) is 6.20 Å². The number of piperazine rings is 1. The molecule has 2 heterocycles. The van der Waals surface area contributed by atoms with Crippen LogP contribution in [0.5, 0.6) is 0 Å². The number of hydrogen-bond donors (Lipinski definition) is 1. The second-order valence-electron chi connectivity index (χ2n) is 5.93. The largest absolute Gasteiger partial charge is 0.354 e. The summed E-state index contributed by atoms with van der Waals surface area (Å²) < 4.78 is 1.06. The van der Waals surface area contributed by atoms with Gasteiger partial charge in [0.1, 0.15) is 5.82 Å². The van der Waals surface area contributed by atoms with Crippen LogP contribution < -0.4 is 10.2 Å². The lowest BCUT2D eigenvalue weighted by molar-refractivity contribution is 0.209. The highest BCUT2D eigenvalue weighted by atomic mass is 79.9. The molecule has 0 aliphatic carbocycles. The maximum Gasteiger partial charge on any atom is 0.133 e. The van der Waals surface area contributed by atoms with Crippen molar-refractivity contribution in [3.05, 3.63) is 22.3 Å². The van der Waals surface area contributed by atoms with Crippen molar-refractivity contribution in [3.8, 4) is 0 Å². The molecule has 1 aliphatic rings. The fourth-order valence-electron chi connectivity index (χ4n) is 2.74. The summed E-state index contributed by atoms with van der Waals surface area (Å²) in [6, 6.07) is 2.83. The third-order valence-electron chi connectivity index (χ3n) is 4.00. The second kappa shape index (κ2) is 8.11. The fourth-order valence-corrected chi connectivity index (χ4v) is 3.12. The van der Waals surface area contributed by atoms with Crippen molar-refractivity contribution in [2.75, 3.05) is 37.6 Å². The minimum atomic E-state index is 0.635. The fraction of sp³-hybridized carbons (Fsp3) is 0.688. The van der Waals surface area contributed by atoms with Crippen LogP contribution in [-0.4, -0.2) is 48.6 Å². The van der Waals surface area contributed by atoms with Crippen LogP contribution in [0.25, 0.3) is 0 Å². The lowest BCUT2D eigenvalue weighted by Gasteiger charge is -2.38. The molecule has 4 nitrogen and oxygen atoms in total. The highest BCUT2D eigenvalue weighted by molar-refractivity contribution is 9.10. The smallest absolute Gasteiger partial charge is 0.133 e. The topological polar surface area (TPSA) is 31.4 Å². The van der Waals surface area contributed by atoms with Gasteiger partial charge in [0, 0.05) is 55.0 Å². The molecule has 1 N–H and O–H groups in total. The Bertz CT molecular complexity index is 442. The summed E-state index contributed by atoms with van der Waals surface area (Å²) >= 11 is 3.54. The van der Waals surface area contributed by atoms with Gasteiger partial charge in [-0.15, -0.1) is 0 Å². The predicted molar refractivity (Wildman–Crippen MR) is 92.9 cm³/mol. The molecule has 0 atom stereocenters. The standard InChI is InChI=1S/C16H27BrN4/c1-4-5-18-11-14-10-15(17)12-19-16(14)21-8-6-20(7-9-21)13(2)3/h10,12-13,18H,4-9,11H2,1-3H3. The zero-order valence-corrected chi connectivity index (χ0v) is 15.0. The van der Waals surface area contributed by atoms with Crippen LogP contribution in [0.15, 0.2) is 16.7 Å². The number of rotatable bonds is 6. The molecule has 21 heavy (non-hydrogen) atoms. The third kappa shape index (κ3) is 4.66. The van der Waals surface area contributed by atoms with Gasteiger partial charge in [-0.1, -0.05) is 6.92 Å². The van der Waals surface area contributed by atoms with Gasteiger partial charge < -0.3 is 10.2 Å². The van der Waals surface area contributed by atoms with Gasteiger partial charge in [-0.3, -0.25) is 4.90 Å². The number of halogens is 1. The van der Waals surface area contributed by atoms with Crippen molar-refractivity contribution in [1.82, 2.24) is 15.2 Å². The zero-order valence-electron chi connectivity index (χ0n) is 13.4. The van der Waals surface area contributed by atoms with Crippen molar-refractivity contribution in [2.24, 2.45) is 0 Å². The average Bonchev–Trinajstić information content (AvgIpc) is 2.48. The van der Waals surface area contributed by atoms with E-state index in [0.717, 1.165) is 56.0 Å². The molecule has 1 aliphatic heterocycles. The van der Waals surface area contributed by atoms with Crippen molar-refractivity contribution < 1.29 is 0 Å². The summed E-state index contributed by atoms with van der Waals surface area (Å²) in [5, 5.41) is 3.49. The molecular weight excluding hydrogens is 328 g/mol. The van der Waals surface area contributed by atoms with Gasteiger partial charge in [0.25, 0.3) is 0 Å². The first-order chi connectivity index (χ1) is 10.1. The number of nitrogens with one attached hydrogen (secondary N) is 1. The Morgan fingerprint density at radius 1 is 1.29 bits per heavy atom. The van der Waals surface area contributed by atoms with E-state index in [0.29, 0.717) is 6.04 Å². The molecule has 0 aromatic carbocycles. The third-order valence-corrected chi connectivity index (χ3v) is 4.43. The molecule has 2 rings (SSSR count). The molecule has 118 valence electrons. The Hall–Kier alpha value is -0.650. The molecule has 1 aromatic rings. The number of hydrogen-bond acceptors (Lipinski definition) is 4. The molecule has 1 saturated heterocycles. The van der Waals surface area contributed by atoms with Crippen LogP contribution in [0.2, 0.25) is 0 Å². The van der Waals surface area contributed by atoms with Crippen LogP contribution in [0.3, 0.4) is 0 Å². The van der Waals surface area contributed by atoms with Gasteiger partial charge in [-0.25, -0.2) is 4.98 Å². The van der Waals surface area contributed by atoms with E-state index in [9.17, 15) is 0 Å². The molecule has 0 unspecified atom stereocenters. The van der Waals surface area contributed by atoms with Crippen LogP contribution >= 0.6 is 15.9 Å². The van der Waals surface area contributed by atoms with Crippen molar-refractivity contribution in [3.63, 3.8) is 0 Å². The number of pyridine rings is 1. The number of aromatic nitrogens is 1. The second-order valence-corrected chi connectivity index (χ2v) is 6.85. The molecule has 0 radical (unpaired) electrons. The van der Waals surface area contributed by atoms with E-state index in [-0.39, 0.29) is 0 Å². The predicted octanol–water partition coefficient (Wildman–Crippen LogP) is 2.87. The molecule has 0 saturated carbocycles. The summed E-state index contributed by atoms with van der Waals surface area (Å²) in [6.45, 7) is 13.0. The summed E-state index contributed by atoms with van der Waals surface area (Å²) in [5.74, 6) is 1.14. The lowest BCUT2D eigenvalue weighted by atomic mass is 10.2. The summed E-state index contributed by atoms with van der Waals surface area (Å²) in [7, 11) is 0. The Kier molecular flexibility index (Phi) is 6.45. The van der Waals surface area contributed by atoms with E-state index < -0.39 is 0 Å². The molecule has 0 amide bonds. The number of anilines is 1. The molecule has 0 bridgehead atoms. The maximum atomic E-state index is 4.67. The van der Waals surface area contributed by atoms with Crippen LogP contribution in [0.1, 0.15) is 32.8 Å². The Balaban J connectivity index is 2.05. The van der Waals surface area contributed by atoms with Crippen molar-refractivity contribution >= 4 is 21.7 Å². The maximum absolute atomic E-state index is 4.67. The van der Waals surface area contributed by atoms with Gasteiger partial charge >= 0.3 is 0 Å². The SMILES string of the molecule is CCCNCc1cc(Br)cnc1N1CCN(C(C)C)CC1. The van der Waals surface area contributed by atoms with Gasteiger partial charge in [0.2, 0.25) is 0 Å². The Morgan fingerprint density at radius 3 is 2.62 bits per heavy atom. The molecule has 1 aromatic heterocycles. The Morgan fingerprint density at radius 2 is 2.00 bits per heavy atom. The first-order valence-electron chi connectivity index (χ1n) is 7.96. The summed E-state index contributed by atoms with van der Waals surface area (Å²) in [4.78, 5) is 9.63. The minimum Gasteiger partial charge on any atom is -0.354 e. The summed E-state index contributed by atoms with van der Waals surface area (Å²) in [6.07, 6.45) is 3.07. The van der Waals surface area contributed by atoms with Crippen LogP contribution in [0.4, 0.5) is 5.82 Å². The normalized spacial score (nSPS) is 16.7. The van der Waals surface area contributed by atoms with Crippen LogP contribution in [-0.2, 0) is 6.54 Å². The van der Waals surface area contributed by atoms with Crippen LogP contribution in [0, 0.1) is 0 Å². The first kappa shape index (κ1) is 16.7. The molecule has 1 fully saturated rings. The van der Waals surface area contributed by atoms with E-state index in [4.69, 9.17) is 0 Å². The van der Waals surface area contributed by atoms with Gasteiger partial charge in [-0.05, 0) is 48.8 Å². The van der Waals surface area contributed by atoms with Gasteiger partial charge in [0.15, 0.2) is 0 Å². The van der Waals surface area contributed by atoms with E-state index in [1.165, 1.54) is 5.56 Å². The zero-order chi connectivity index (χ0) is 15.2. The van der Waals surface area contributed by atoms with E-state index in [2.05, 4.69) is 62.9 Å². The molecule has 0 spiro atoms. The van der Waals surface area contributed by atoms with E-state index in [1.54, 1.807) is 0 Å². The monoisotopic (exact) mass is 354 g/mol. The van der Waals surface area contributed by atoms with E-state index >= 15 is 0 Å². The average molecular weight is 355 g/mol. The first-order valence-corrected chi connectivity index (χ1v) is 8.75. The Labute approximate surface area is 137 Å². The molecule has 5 heteroatoms. The quantitative estimate of drug-likeness (QED) is 0.796. The minimum absolute atomic E-state index is 0.635. The molecular formula is C16H27BrN4. The summed E-state index contributed by atoms with van der Waals surface area (Å²) in [5.41, 5.74) is 1.29. The van der Waals surface area contributed by atoms with Crippen molar-refractivity contribution in [2.45, 2.75) is 39.8 Å². The van der Waals surface area contributed by atoms with Crippen molar-refractivity contribution in [1.29, 1.82) is 0 Å². The highest BCUT2D eigenvalue weighted by Gasteiger charge is 2.21. The van der Waals surface area contributed by atoms with Gasteiger partial charge in [0.05, 0.1) is 0 Å².